The van der Waals surface area contributed by atoms with Crippen LogP contribution in [0.5, 0.6) is 0 Å². The molecule has 1 atom stereocenters. The number of aromatic nitrogens is 6. The van der Waals surface area contributed by atoms with E-state index in [0.29, 0.717) is 18.0 Å². The third-order valence-corrected chi connectivity index (χ3v) is 4.53. The van der Waals surface area contributed by atoms with Crippen LogP contribution in [0.4, 0.5) is 0 Å². The van der Waals surface area contributed by atoms with Crippen molar-refractivity contribution in [3.05, 3.63) is 35.4 Å². The van der Waals surface area contributed by atoms with Crippen molar-refractivity contribution in [1.82, 2.24) is 35.1 Å². The summed E-state index contributed by atoms with van der Waals surface area (Å²) in [6.07, 6.45) is 3.76. The van der Waals surface area contributed by atoms with Gasteiger partial charge < -0.3 is 9.88 Å². The van der Waals surface area contributed by atoms with Crippen molar-refractivity contribution in [1.29, 1.82) is 0 Å². The van der Waals surface area contributed by atoms with Gasteiger partial charge in [0.15, 0.2) is 0 Å². The van der Waals surface area contributed by atoms with E-state index in [4.69, 9.17) is 11.6 Å². The van der Waals surface area contributed by atoms with E-state index in [1.807, 2.05) is 23.1 Å². The lowest BCUT2D eigenvalue weighted by atomic mass is 10.2. The Balaban J connectivity index is 1.51. The van der Waals surface area contributed by atoms with Gasteiger partial charge in [0.1, 0.15) is 12.2 Å². The van der Waals surface area contributed by atoms with Crippen LogP contribution in [0, 0.1) is 0 Å². The number of H-pyrrole nitrogens is 1. The summed E-state index contributed by atoms with van der Waals surface area (Å²) in [5.74, 6) is 0.909. The summed E-state index contributed by atoms with van der Waals surface area (Å²) in [4.78, 5) is 22.4. The van der Waals surface area contributed by atoms with Crippen LogP contribution in [0.25, 0.3) is 11.0 Å². The molecule has 4 rings (SSSR count). The van der Waals surface area contributed by atoms with Gasteiger partial charge in [-0.25, -0.2) is 9.67 Å². The van der Waals surface area contributed by atoms with Crippen molar-refractivity contribution in [2.75, 3.05) is 6.54 Å². The van der Waals surface area contributed by atoms with Crippen LogP contribution < -0.4 is 0 Å². The van der Waals surface area contributed by atoms with Gasteiger partial charge in [-0.3, -0.25) is 4.79 Å². The third-order valence-electron chi connectivity index (χ3n) is 4.30. The summed E-state index contributed by atoms with van der Waals surface area (Å²) in [7, 11) is 0. The highest BCUT2D eigenvalue weighted by Crippen LogP contribution is 2.32. The number of nitrogens with one attached hydrogen (secondary N) is 1. The zero-order valence-corrected chi connectivity index (χ0v) is 13.6. The number of carbonyl (C=O) groups excluding carboxylic acids is 1. The number of fused-ring (bicyclic) bond motifs is 1. The summed E-state index contributed by atoms with van der Waals surface area (Å²) in [5.41, 5.74) is 1.76. The molecule has 0 radical (unpaired) electrons. The van der Waals surface area contributed by atoms with Gasteiger partial charge in [0, 0.05) is 18.0 Å². The quantitative estimate of drug-likeness (QED) is 0.780. The first-order valence-electron chi connectivity index (χ1n) is 7.86. The molecular formula is C15H16ClN7O. The molecule has 1 N–H and O–H groups in total. The van der Waals surface area contributed by atoms with E-state index in [9.17, 15) is 4.79 Å². The fraction of sp³-hybridized carbons (Fsp3) is 0.400. The smallest absolute Gasteiger partial charge is 0.225 e. The molecule has 8 nitrogen and oxygen atoms in total. The Hall–Kier alpha value is -2.48. The van der Waals surface area contributed by atoms with Gasteiger partial charge in [0.25, 0.3) is 0 Å². The van der Waals surface area contributed by atoms with Crippen molar-refractivity contribution in [2.45, 2.75) is 31.8 Å². The Morgan fingerprint density at radius 1 is 1.42 bits per heavy atom. The number of imidazole rings is 1. The maximum atomic E-state index is 12.6. The lowest BCUT2D eigenvalue weighted by Gasteiger charge is -2.23. The first kappa shape index (κ1) is 15.1. The van der Waals surface area contributed by atoms with E-state index in [-0.39, 0.29) is 11.9 Å². The molecule has 9 heteroatoms. The molecular weight excluding hydrogens is 330 g/mol. The monoisotopic (exact) mass is 345 g/mol. The van der Waals surface area contributed by atoms with Gasteiger partial charge in [-0.05, 0) is 41.5 Å². The van der Waals surface area contributed by atoms with Crippen molar-refractivity contribution < 1.29 is 4.79 Å². The second kappa shape index (κ2) is 6.20. The molecule has 3 heterocycles. The molecule has 1 saturated heterocycles. The van der Waals surface area contributed by atoms with Crippen LogP contribution in [-0.4, -0.2) is 47.5 Å². The van der Waals surface area contributed by atoms with Gasteiger partial charge in [-0.1, -0.05) is 11.6 Å². The van der Waals surface area contributed by atoms with Gasteiger partial charge in [-0.15, -0.1) is 5.10 Å². The number of hydrogen-bond donors (Lipinski definition) is 1. The molecule has 1 aliphatic rings. The molecule has 1 amide bonds. The highest BCUT2D eigenvalue weighted by Gasteiger charge is 2.31. The van der Waals surface area contributed by atoms with E-state index in [0.717, 1.165) is 36.2 Å². The molecule has 2 aromatic heterocycles. The number of amides is 1. The minimum atomic E-state index is -0.0162. The average Bonchev–Trinajstić information content (AvgIpc) is 3.30. The lowest BCUT2D eigenvalue weighted by Crippen LogP contribution is -2.31. The van der Waals surface area contributed by atoms with E-state index in [1.165, 1.54) is 6.33 Å². The van der Waals surface area contributed by atoms with Crippen molar-refractivity contribution in [3.8, 4) is 0 Å². The summed E-state index contributed by atoms with van der Waals surface area (Å²) in [6.45, 7) is 1.22. The fourth-order valence-corrected chi connectivity index (χ4v) is 3.32. The molecule has 0 saturated carbocycles. The van der Waals surface area contributed by atoms with E-state index < -0.39 is 0 Å². The van der Waals surface area contributed by atoms with Gasteiger partial charge in [-0.2, -0.15) is 0 Å². The Morgan fingerprint density at radius 2 is 2.33 bits per heavy atom. The second-order valence-electron chi connectivity index (χ2n) is 5.85. The number of aromatic amines is 1. The number of tetrazole rings is 1. The number of halogens is 1. The SMILES string of the molecule is O=C(CCn1cnnn1)N1CCCC1c1nc2ccc(Cl)cc2[nH]1. The Bertz CT molecular complexity index is 860. The predicted molar refractivity (Wildman–Crippen MR) is 87.2 cm³/mol. The number of carbonyl (C=O) groups is 1. The molecule has 3 aromatic rings. The molecule has 24 heavy (non-hydrogen) atoms. The topological polar surface area (TPSA) is 92.6 Å². The van der Waals surface area contributed by atoms with Crippen LogP contribution in [0.2, 0.25) is 5.02 Å². The van der Waals surface area contributed by atoms with Crippen LogP contribution >= 0.6 is 11.6 Å². The summed E-state index contributed by atoms with van der Waals surface area (Å²) in [5, 5.41) is 11.6. The van der Waals surface area contributed by atoms with Crippen LogP contribution in [0.15, 0.2) is 24.5 Å². The highest BCUT2D eigenvalue weighted by molar-refractivity contribution is 6.31. The Kier molecular flexibility index (Phi) is 3.89. The zero-order valence-electron chi connectivity index (χ0n) is 12.9. The molecule has 0 aliphatic carbocycles. The third kappa shape index (κ3) is 2.84. The summed E-state index contributed by atoms with van der Waals surface area (Å²) in [6, 6.07) is 5.54. The molecule has 124 valence electrons. The van der Waals surface area contributed by atoms with Gasteiger partial charge in [0.2, 0.25) is 5.91 Å². The van der Waals surface area contributed by atoms with Crippen LogP contribution in [0.1, 0.15) is 31.1 Å². The minimum Gasteiger partial charge on any atom is -0.340 e. The van der Waals surface area contributed by atoms with E-state index in [2.05, 4.69) is 25.5 Å². The normalized spacial score (nSPS) is 17.7. The average molecular weight is 346 g/mol. The first-order valence-corrected chi connectivity index (χ1v) is 8.24. The largest absolute Gasteiger partial charge is 0.340 e. The molecule has 0 spiro atoms. The number of likely N-dealkylation sites (tertiary alicyclic amines) is 1. The van der Waals surface area contributed by atoms with Gasteiger partial charge >= 0.3 is 0 Å². The lowest BCUT2D eigenvalue weighted by molar-refractivity contribution is -0.132. The van der Waals surface area contributed by atoms with Crippen molar-refractivity contribution in [2.24, 2.45) is 0 Å². The summed E-state index contributed by atoms with van der Waals surface area (Å²) >= 11 is 6.03. The van der Waals surface area contributed by atoms with Crippen LogP contribution in [-0.2, 0) is 11.3 Å². The molecule has 0 bridgehead atoms. The van der Waals surface area contributed by atoms with Crippen molar-refractivity contribution >= 4 is 28.5 Å². The zero-order chi connectivity index (χ0) is 16.5. The highest BCUT2D eigenvalue weighted by atomic mass is 35.5. The second-order valence-corrected chi connectivity index (χ2v) is 6.29. The Morgan fingerprint density at radius 3 is 3.17 bits per heavy atom. The van der Waals surface area contributed by atoms with Gasteiger partial charge in [0.05, 0.1) is 23.6 Å². The standard InChI is InChI=1S/C15H16ClN7O/c16-10-3-4-11-12(8-10)19-15(18-11)13-2-1-6-23(13)14(24)5-7-22-9-17-20-21-22/h3-4,8-9,13H,1-2,5-7H2,(H,18,19). The number of benzene rings is 1. The number of aryl methyl sites for hydroxylation is 1. The van der Waals surface area contributed by atoms with Crippen LogP contribution in [0.3, 0.4) is 0 Å². The fourth-order valence-electron chi connectivity index (χ4n) is 3.15. The molecule has 1 fully saturated rings. The first-order chi connectivity index (χ1) is 11.7. The maximum absolute atomic E-state index is 12.6. The number of rotatable bonds is 4. The van der Waals surface area contributed by atoms with Crippen molar-refractivity contribution in [3.63, 3.8) is 0 Å². The molecule has 1 unspecified atom stereocenters. The number of nitrogens with zero attached hydrogens (tertiary/aromatic N) is 6. The predicted octanol–water partition coefficient (Wildman–Crippen LogP) is 1.96. The van der Waals surface area contributed by atoms with E-state index >= 15 is 0 Å². The van der Waals surface area contributed by atoms with E-state index in [1.54, 1.807) is 4.68 Å². The summed E-state index contributed by atoms with van der Waals surface area (Å²) < 4.78 is 1.56. The Labute approximate surface area is 142 Å². The maximum Gasteiger partial charge on any atom is 0.225 e. The number of hydrogen-bond acceptors (Lipinski definition) is 5. The minimum absolute atomic E-state index is 0.0162. The molecule has 1 aromatic carbocycles. The molecule has 1 aliphatic heterocycles.